The number of rotatable bonds is 9. The van der Waals surface area contributed by atoms with Crippen molar-refractivity contribution in [2.75, 3.05) is 26.6 Å². The highest BCUT2D eigenvalue weighted by atomic mass is 32.1. The summed E-state index contributed by atoms with van der Waals surface area (Å²) in [5.74, 6) is 0.456. The van der Waals surface area contributed by atoms with Gasteiger partial charge in [-0.15, -0.1) is 10.2 Å². The second kappa shape index (κ2) is 9.85. The van der Waals surface area contributed by atoms with Gasteiger partial charge in [0.2, 0.25) is 5.13 Å². The number of nitro groups is 1. The maximum atomic E-state index is 12.7. The number of aromatic nitrogens is 2. The normalized spacial score (nSPS) is 10.4. The number of nitrogens with zero attached hydrogens (tertiary/aromatic N) is 3. The van der Waals surface area contributed by atoms with Gasteiger partial charge in [0.05, 0.1) is 32.3 Å². The van der Waals surface area contributed by atoms with Crippen molar-refractivity contribution in [3.63, 3.8) is 0 Å². The lowest BCUT2D eigenvalue weighted by Gasteiger charge is -2.10. The number of nitrogens with one attached hydrogen (secondary N) is 1. The molecule has 1 aromatic heterocycles. The molecule has 10 nitrogen and oxygen atoms in total. The Morgan fingerprint density at radius 2 is 1.71 bits per heavy atom. The molecule has 0 aliphatic rings. The fourth-order valence-corrected chi connectivity index (χ4v) is 3.55. The summed E-state index contributed by atoms with van der Waals surface area (Å²) in [5.41, 5.74) is 0.541. The predicted octanol–water partition coefficient (Wildman–Crippen LogP) is 3.51. The number of hydrogen-bond acceptors (Lipinski definition) is 9. The minimum absolute atomic E-state index is 0.155. The molecule has 0 bridgehead atoms. The fourth-order valence-electron chi connectivity index (χ4n) is 2.81. The second-order valence-electron chi connectivity index (χ2n) is 6.28. The molecule has 0 aliphatic heterocycles. The van der Waals surface area contributed by atoms with E-state index in [1.807, 2.05) is 24.3 Å². The maximum Gasteiger partial charge on any atom is 0.286 e. The van der Waals surface area contributed by atoms with E-state index in [0.717, 1.165) is 28.8 Å². The second-order valence-corrected chi connectivity index (χ2v) is 7.35. The van der Waals surface area contributed by atoms with Crippen LogP contribution in [0, 0.1) is 10.1 Å². The SMILES string of the molecule is COc1ccc(CCc2nnc(NC(=O)c3cc(OC)c(OC)cc3[N+](=O)[O-])s2)cc1. The Balaban J connectivity index is 1.71. The van der Waals surface area contributed by atoms with Gasteiger partial charge >= 0.3 is 0 Å². The summed E-state index contributed by atoms with van der Waals surface area (Å²) in [5, 5.41) is 23.0. The summed E-state index contributed by atoms with van der Waals surface area (Å²) in [6, 6.07) is 10.1. The zero-order valence-corrected chi connectivity index (χ0v) is 17.9. The molecule has 0 radical (unpaired) electrons. The first kappa shape index (κ1) is 22.0. The van der Waals surface area contributed by atoms with Crippen molar-refractivity contribution >= 4 is 28.1 Å². The van der Waals surface area contributed by atoms with E-state index in [2.05, 4.69) is 15.5 Å². The minimum atomic E-state index is -0.689. The van der Waals surface area contributed by atoms with E-state index in [9.17, 15) is 14.9 Å². The molecule has 0 fully saturated rings. The molecule has 0 atom stereocenters. The van der Waals surface area contributed by atoms with E-state index >= 15 is 0 Å². The molecule has 2 aromatic carbocycles. The van der Waals surface area contributed by atoms with Crippen LogP contribution in [0.25, 0.3) is 0 Å². The molecule has 1 amide bonds. The van der Waals surface area contributed by atoms with Crippen LogP contribution >= 0.6 is 11.3 Å². The topological polar surface area (TPSA) is 126 Å². The zero-order chi connectivity index (χ0) is 22.4. The van der Waals surface area contributed by atoms with Gasteiger partial charge in [-0.2, -0.15) is 0 Å². The fraction of sp³-hybridized carbons (Fsp3) is 0.250. The van der Waals surface area contributed by atoms with Gasteiger partial charge in [0.1, 0.15) is 16.3 Å². The quantitative estimate of drug-likeness (QED) is 0.392. The van der Waals surface area contributed by atoms with E-state index in [-0.39, 0.29) is 22.2 Å². The molecule has 0 saturated heterocycles. The Bertz CT molecular complexity index is 1080. The van der Waals surface area contributed by atoms with Crippen LogP contribution in [0.1, 0.15) is 20.9 Å². The molecule has 1 heterocycles. The lowest BCUT2D eigenvalue weighted by Crippen LogP contribution is -2.14. The molecule has 3 aromatic rings. The van der Waals surface area contributed by atoms with E-state index in [1.54, 1.807) is 7.11 Å². The monoisotopic (exact) mass is 444 g/mol. The Labute approximate surface area is 181 Å². The smallest absolute Gasteiger partial charge is 0.286 e. The molecular weight excluding hydrogens is 424 g/mol. The standard InChI is InChI=1S/C20H20N4O6S/c1-28-13-7-4-12(5-8-13)6-9-18-22-23-20(31-18)21-19(25)14-10-16(29-2)17(30-3)11-15(14)24(26)27/h4-5,7-8,10-11H,6,9H2,1-3H3,(H,21,23,25). The minimum Gasteiger partial charge on any atom is -0.497 e. The van der Waals surface area contributed by atoms with E-state index in [4.69, 9.17) is 14.2 Å². The van der Waals surface area contributed by atoms with Gasteiger partial charge in [-0.3, -0.25) is 20.2 Å². The van der Waals surface area contributed by atoms with Crippen LogP contribution < -0.4 is 19.5 Å². The highest BCUT2D eigenvalue weighted by Gasteiger charge is 2.25. The van der Waals surface area contributed by atoms with Crippen molar-refractivity contribution in [2.24, 2.45) is 0 Å². The summed E-state index contributed by atoms with van der Waals surface area (Å²) < 4.78 is 15.4. The van der Waals surface area contributed by atoms with Crippen LogP contribution in [-0.2, 0) is 12.8 Å². The van der Waals surface area contributed by atoms with Gasteiger partial charge in [-0.05, 0) is 24.1 Å². The van der Waals surface area contributed by atoms with Crippen molar-refractivity contribution in [1.82, 2.24) is 10.2 Å². The third-order valence-electron chi connectivity index (χ3n) is 4.42. The molecule has 3 rings (SSSR count). The van der Waals surface area contributed by atoms with Crippen LogP contribution in [0.4, 0.5) is 10.8 Å². The molecule has 0 spiro atoms. The van der Waals surface area contributed by atoms with Crippen LogP contribution in [0.3, 0.4) is 0 Å². The van der Waals surface area contributed by atoms with Gasteiger partial charge in [0.25, 0.3) is 11.6 Å². The largest absolute Gasteiger partial charge is 0.497 e. The maximum absolute atomic E-state index is 12.7. The third-order valence-corrected chi connectivity index (χ3v) is 5.32. The summed E-state index contributed by atoms with van der Waals surface area (Å²) in [7, 11) is 4.35. The first-order chi connectivity index (χ1) is 14.9. The molecule has 11 heteroatoms. The lowest BCUT2D eigenvalue weighted by atomic mass is 10.1. The molecule has 162 valence electrons. The van der Waals surface area contributed by atoms with Crippen molar-refractivity contribution in [3.8, 4) is 17.2 Å². The van der Waals surface area contributed by atoms with E-state index in [0.29, 0.717) is 6.42 Å². The number of hydrogen-bond donors (Lipinski definition) is 1. The van der Waals surface area contributed by atoms with Crippen molar-refractivity contribution in [3.05, 3.63) is 62.6 Å². The summed E-state index contributed by atoms with van der Waals surface area (Å²) in [6.07, 6.45) is 1.38. The molecule has 31 heavy (non-hydrogen) atoms. The zero-order valence-electron chi connectivity index (χ0n) is 17.1. The highest BCUT2D eigenvalue weighted by molar-refractivity contribution is 7.15. The number of amides is 1. The van der Waals surface area contributed by atoms with E-state index in [1.165, 1.54) is 31.6 Å². The predicted molar refractivity (Wildman–Crippen MR) is 114 cm³/mol. The average molecular weight is 444 g/mol. The molecular formula is C20H20N4O6S. The highest BCUT2D eigenvalue weighted by Crippen LogP contribution is 2.35. The Morgan fingerprint density at radius 1 is 1.03 bits per heavy atom. The number of methoxy groups -OCH3 is 3. The van der Waals surface area contributed by atoms with E-state index < -0.39 is 16.5 Å². The van der Waals surface area contributed by atoms with Crippen LogP contribution in [0.2, 0.25) is 0 Å². The Hall–Kier alpha value is -3.73. The molecule has 0 unspecified atom stereocenters. The number of nitro benzene ring substituents is 1. The van der Waals surface area contributed by atoms with Gasteiger partial charge in [0.15, 0.2) is 11.5 Å². The van der Waals surface area contributed by atoms with Crippen molar-refractivity contribution < 1.29 is 23.9 Å². The molecule has 0 saturated carbocycles. The Morgan fingerprint density at radius 3 is 2.32 bits per heavy atom. The summed E-state index contributed by atoms with van der Waals surface area (Å²) >= 11 is 1.21. The first-order valence-corrected chi connectivity index (χ1v) is 9.94. The number of benzene rings is 2. The summed E-state index contributed by atoms with van der Waals surface area (Å²) in [6.45, 7) is 0. The molecule has 0 aliphatic carbocycles. The van der Waals surface area contributed by atoms with Gasteiger partial charge in [-0.25, -0.2) is 0 Å². The van der Waals surface area contributed by atoms with Gasteiger partial charge in [0, 0.05) is 12.5 Å². The van der Waals surface area contributed by atoms with Crippen molar-refractivity contribution in [1.29, 1.82) is 0 Å². The van der Waals surface area contributed by atoms with Crippen molar-refractivity contribution in [2.45, 2.75) is 12.8 Å². The number of aryl methyl sites for hydroxylation is 2. The van der Waals surface area contributed by atoms with Crippen LogP contribution in [0.15, 0.2) is 36.4 Å². The summed E-state index contributed by atoms with van der Waals surface area (Å²) in [4.78, 5) is 23.4. The van der Waals surface area contributed by atoms with Gasteiger partial charge < -0.3 is 14.2 Å². The molecule has 1 N–H and O–H groups in total. The number of carbonyl (C=O) groups is 1. The van der Waals surface area contributed by atoms with Crippen LogP contribution in [0.5, 0.6) is 17.2 Å². The number of anilines is 1. The number of carbonyl (C=O) groups excluding carboxylic acids is 1. The lowest BCUT2D eigenvalue weighted by molar-refractivity contribution is -0.385. The van der Waals surface area contributed by atoms with Crippen LogP contribution in [-0.4, -0.2) is 42.4 Å². The Kier molecular flexibility index (Phi) is 6.98. The average Bonchev–Trinajstić information content (AvgIpc) is 3.24. The van der Waals surface area contributed by atoms with Gasteiger partial charge in [-0.1, -0.05) is 23.5 Å². The number of ether oxygens (including phenoxy) is 3. The first-order valence-electron chi connectivity index (χ1n) is 9.12. The third kappa shape index (κ3) is 5.25.